The van der Waals surface area contributed by atoms with Gasteiger partial charge in [-0.2, -0.15) is 5.10 Å². The second-order valence-electron chi connectivity index (χ2n) is 8.41. The first-order valence-electron chi connectivity index (χ1n) is 11.5. The fraction of sp³-hybridized carbons (Fsp3) is 0.609. The molecular formula is C23H35IN6O. The van der Waals surface area contributed by atoms with E-state index in [1.165, 1.54) is 12.0 Å². The molecular weight excluding hydrogens is 503 g/mol. The third kappa shape index (κ3) is 6.11. The zero-order valence-electron chi connectivity index (χ0n) is 18.5. The minimum absolute atomic E-state index is 0. The molecule has 1 saturated heterocycles. The summed E-state index contributed by atoms with van der Waals surface area (Å²) < 4.78 is 3.47. The van der Waals surface area contributed by atoms with Crippen molar-refractivity contribution in [1.29, 1.82) is 0 Å². The van der Waals surface area contributed by atoms with Gasteiger partial charge in [0.2, 0.25) is 0 Å². The van der Waals surface area contributed by atoms with Gasteiger partial charge in [0, 0.05) is 45.7 Å². The number of hydrogen-bond donors (Lipinski definition) is 1. The van der Waals surface area contributed by atoms with Crippen LogP contribution in [0.15, 0.2) is 40.1 Å². The van der Waals surface area contributed by atoms with Crippen LogP contribution in [0.4, 0.5) is 0 Å². The van der Waals surface area contributed by atoms with E-state index in [0.29, 0.717) is 19.0 Å². The predicted octanol–water partition coefficient (Wildman–Crippen LogP) is 2.92. The van der Waals surface area contributed by atoms with E-state index < -0.39 is 0 Å². The number of likely N-dealkylation sites (tertiary alicyclic amines) is 1. The molecule has 1 unspecified atom stereocenters. The Morgan fingerprint density at radius 2 is 2.06 bits per heavy atom. The quantitative estimate of drug-likeness (QED) is 0.255. The van der Waals surface area contributed by atoms with Crippen LogP contribution in [0.2, 0.25) is 0 Å². The van der Waals surface area contributed by atoms with Crippen LogP contribution < -0.4 is 11.0 Å². The Morgan fingerprint density at radius 1 is 1.23 bits per heavy atom. The van der Waals surface area contributed by atoms with Crippen molar-refractivity contribution in [2.45, 2.75) is 58.5 Å². The van der Waals surface area contributed by atoms with Crippen LogP contribution in [-0.2, 0) is 25.9 Å². The monoisotopic (exact) mass is 538 g/mol. The SMILES string of the molecule is CCNC(=NCCCn1nc2n(c1=O)CCCC2)N1CCC(Cc2ccccc2)C1.I. The largest absolute Gasteiger partial charge is 0.357 e. The molecule has 170 valence electrons. The van der Waals surface area contributed by atoms with Crippen LogP contribution in [0.3, 0.4) is 0 Å². The summed E-state index contributed by atoms with van der Waals surface area (Å²) in [6.07, 6.45) is 6.29. The third-order valence-electron chi connectivity index (χ3n) is 6.11. The van der Waals surface area contributed by atoms with Gasteiger partial charge in [0.25, 0.3) is 0 Å². The standard InChI is InChI=1S/C23H34N6O.HI/c1-2-24-22(27-16-12-20(18-27)17-19-9-4-3-5-10-19)25-13-8-15-29-23(30)28-14-7-6-11-21(28)26-29;/h3-5,9-10,20H,2,6-8,11-18H2,1H3,(H,24,25);1H. The lowest BCUT2D eigenvalue weighted by molar-refractivity contribution is 0.458. The van der Waals surface area contributed by atoms with E-state index in [9.17, 15) is 4.79 Å². The van der Waals surface area contributed by atoms with Crippen molar-refractivity contribution in [2.75, 3.05) is 26.2 Å². The third-order valence-corrected chi connectivity index (χ3v) is 6.11. The molecule has 1 fully saturated rings. The average molecular weight is 538 g/mol. The highest BCUT2D eigenvalue weighted by Gasteiger charge is 2.25. The fourth-order valence-corrected chi connectivity index (χ4v) is 4.56. The summed E-state index contributed by atoms with van der Waals surface area (Å²) in [4.78, 5) is 19.7. The van der Waals surface area contributed by atoms with Crippen molar-refractivity contribution >= 4 is 29.9 Å². The number of fused-ring (bicyclic) bond motifs is 1. The van der Waals surface area contributed by atoms with Crippen LogP contribution in [0, 0.1) is 5.92 Å². The number of aliphatic imine (C=N–C) groups is 1. The van der Waals surface area contributed by atoms with Crippen LogP contribution in [0.25, 0.3) is 0 Å². The van der Waals surface area contributed by atoms with Gasteiger partial charge >= 0.3 is 5.69 Å². The Kier molecular flexibility index (Phi) is 8.98. The van der Waals surface area contributed by atoms with E-state index in [-0.39, 0.29) is 29.7 Å². The van der Waals surface area contributed by atoms with Crippen LogP contribution in [0.5, 0.6) is 0 Å². The molecule has 0 spiro atoms. The van der Waals surface area contributed by atoms with Crippen molar-refractivity contribution in [1.82, 2.24) is 24.6 Å². The molecule has 2 aromatic rings. The van der Waals surface area contributed by atoms with Gasteiger partial charge in [-0.15, -0.1) is 24.0 Å². The number of halogens is 1. The molecule has 0 amide bonds. The van der Waals surface area contributed by atoms with E-state index in [0.717, 1.165) is 70.1 Å². The normalized spacial score (nSPS) is 18.5. The zero-order valence-corrected chi connectivity index (χ0v) is 20.8. The maximum absolute atomic E-state index is 12.4. The predicted molar refractivity (Wildman–Crippen MR) is 135 cm³/mol. The maximum atomic E-state index is 12.4. The van der Waals surface area contributed by atoms with Gasteiger partial charge in [0.05, 0.1) is 0 Å². The van der Waals surface area contributed by atoms with Crippen molar-refractivity contribution in [3.63, 3.8) is 0 Å². The van der Waals surface area contributed by atoms with E-state index >= 15 is 0 Å². The Bertz CT molecular complexity index is 907. The molecule has 4 rings (SSSR count). The molecule has 31 heavy (non-hydrogen) atoms. The summed E-state index contributed by atoms with van der Waals surface area (Å²) in [5, 5.41) is 7.97. The summed E-state index contributed by atoms with van der Waals surface area (Å²) >= 11 is 0. The zero-order chi connectivity index (χ0) is 20.8. The molecule has 7 nitrogen and oxygen atoms in total. The first-order valence-corrected chi connectivity index (χ1v) is 11.5. The number of rotatable bonds is 7. The number of guanidine groups is 1. The molecule has 0 bridgehead atoms. The molecule has 1 N–H and O–H groups in total. The van der Waals surface area contributed by atoms with Gasteiger partial charge < -0.3 is 10.2 Å². The van der Waals surface area contributed by atoms with Gasteiger partial charge in [0.1, 0.15) is 5.82 Å². The first kappa shape index (κ1) is 23.8. The Balaban J connectivity index is 0.00000272. The van der Waals surface area contributed by atoms with E-state index in [4.69, 9.17) is 4.99 Å². The number of nitrogens with zero attached hydrogens (tertiary/aromatic N) is 5. The van der Waals surface area contributed by atoms with Gasteiger partial charge in [0.15, 0.2) is 5.96 Å². The van der Waals surface area contributed by atoms with Crippen molar-refractivity contribution < 1.29 is 0 Å². The van der Waals surface area contributed by atoms with Crippen LogP contribution in [0.1, 0.15) is 44.0 Å². The molecule has 2 aliphatic rings. The molecule has 1 atom stereocenters. The number of hydrogen-bond acceptors (Lipinski definition) is 3. The highest BCUT2D eigenvalue weighted by Crippen LogP contribution is 2.21. The lowest BCUT2D eigenvalue weighted by Crippen LogP contribution is -2.40. The summed E-state index contributed by atoms with van der Waals surface area (Å²) in [5.41, 5.74) is 1.46. The number of benzene rings is 1. The van der Waals surface area contributed by atoms with Gasteiger partial charge in [-0.05, 0) is 50.5 Å². The Hall–Kier alpha value is -1.84. The second kappa shape index (κ2) is 11.7. The van der Waals surface area contributed by atoms with E-state index in [1.807, 2.05) is 4.57 Å². The number of aryl methyl sites for hydroxylation is 2. The van der Waals surface area contributed by atoms with Gasteiger partial charge in [-0.25, -0.2) is 9.48 Å². The molecule has 0 saturated carbocycles. The summed E-state index contributed by atoms with van der Waals surface area (Å²) in [7, 11) is 0. The van der Waals surface area contributed by atoms with Crippen molar-refractivity contribution in [3.8, 4) is 0 Å². The van der Waals surface area contributed by atoms with E-state index in [2.05, 4.69) is 52.6 Å². The van der Waals surface area contributed by atoms with Crippen molar-refractivity contribution in [2.24, 2.45) is 10.9 Å². The highest BCUT2D eigenvalue weighted by molar-refractivity contribution is 14.0. The molecule has 8 heteroatoms. The summed E-state index contributed by atoms with van der Waals surface area (Å²) in [6, 6.07) is 10.8. The van der Waals surface area contributed by atoms with E-state index in [1.54, 1.807) is 4.68 Å². The lowest BCUT2D eigenvalue weighted by Gasteiger charge is -2.21. The average Bonchev–Trinajstić information content (AvgIpc) is 3.36. The molecule has 0 aliphatic carbocycles. The number of aromatic nitrogens is 3. The Labute approximate surface area is 201 Å². The van der Waals surface area contributed by atoms with Gasteiger partial charge in [-0.3, -0.25) is 9.56 Å². The molecule has 1 aromatic heterocycles. The first-order chi connectivity index (χ1) is 14.7. The maximum Gasteiger partial charge on any atom is 0.345 e. The van der Waals surface area contributed by atoms with Crippen LogP contribution in [-0.4, -0.2) is 51.4 Å². The van der Waals surface area contributed by atoms with Crippen LogP contribution >= 0.6 is 24.0 Å². The summed E-state index contributed by atoms with van der Waals surface area (Å²) in [5.74, 6) is 2.63. The molecule has 2 aliphatic heterocycles. The second-order valence-corrected chi connectivity index (χ2v) is 8.41. The topological polar surface area (TPSA) is 67.5 Å². The molecule has 3 heterocycles. The summed E-state index contributed by atoms with van der Waals surface area (Å²) in [6.45, 7) is 7.24. The number of nitrogens with one attached hydrogen (secondary N) is 1. The van der Waals surface area contributed by atoms with Gasteiger partial charge in [-0.1, -0.05) is 30.3 Å². The Morgan fingerprint density at radius 3 is 2.84 bits per heavy atom. The molecule has 0 radical (unpaired) electrons. The highest BCUT2D eigenvalue weighted by atomic mass is 127. The molecule has 1 aromatic carbocycles. The fourth-order valence-electron chi connectivity index (χ4n) is 4.56. The smallest absolute Gasteiger partial charge is 0.345 e. The minimum Gasteiger partial charge on any atom is -0.357 e. The minimum atomic E-state index is 0. The lowest BCUT2D eigenvalue weighted by atomic mass is 9.99. The van der Waals surface area contributed by atoms with Crippen molar-refractivity contribution in [3.05, 3.63) is 52.2 Å².